The number of fused-ring (bicyclic) bond motifs is 1. The molecule has 4 rings (SSSR count). The second-order valence-corrected chi connectivity index (χ2v) is 10.6. The van der Waals surface area contributed by atoms with E-state index < -0.39 is 15.8 Å². The second kappa shape index (κ2) is 9.30. The van der Waals surface area contributed by atoms with Crippen LogP contribution in [-0.2, 0) is 10.0 Å². The Morgan fingerprint density at radius 1 is 1.18 bits per heavy atom. The molecule has 0 radical (unpaired) electrons. The first-order chi connectivity index (χ1) is 15.7. The Balaban J connectivity index is 1.75. The lowest BCUT2D eigenvalue weighted by atomic mass is 10.1. The highest BCUT2D eigenvalue weighted by atomic mass is 35.5. The summed E-state index contributed by atoms with van der Waals surface area (Å²) in [6, 6.07) is 5.97. The van der Waals surface area contributed by atoms with Gasteiger partial charge in [-0.1, -0.05) is 31.4 Å². The van der Waals surface area contributed by atoms with Gasteiger partial charge in [-0.2, -0.15) is 0 Å². The molecule has 1 aromatic heterocycles. The van der Waals surface area contributed by atoms with E-state index in [1.165, 1.54) is 6.07 Å². The topological polar surface area (TPSA) is 93.1 Å². The summed E-state index contributed by atoms with van der Waals surface area (Å²) >= 11 is 6.38. The van der Waals surface area contributed by atoms with Crippen LogP contribution in [0.2, 0.25) is 5.02 Å². The number of hydrogen-bond acceptors (Lipinski definition) is 5. The number of sulfonamides is 1. The number of halogens is 2. The van der Waals surface area contributed by atoms with E-state index in [0.29, 0.717) is 28.6 Å². The highest BCUT2D eigenvalue weighted by Crippen LogP contribution is 2.37. The van der Waals surface area contributed by atoms with Crippen LogP contribution >= 0.6 is 11.6 Å². The van der Waals surface area contributed by atoms with Crippen molar-refractivity contribution in [3.05, 3.63) is 57.3 Å². The first-order valence-corrected chi connectivity index (χ1v) is 13.0. The molecule has 0 atom stereocenters. The third-order valence-corrected chi connectivity index (χ3v) is 7.89. The predicted octanol–water partition coefficient (Wildman–Crippen LogP) is 5.51. The maximum absolute atomic E-state index is 14.7. The molecule has 0 amide bonds. The van der Waals surface area contributed by atoms with E-state index in [0.717, 1.165) is 31.7 Å². The summed E-state index contributed by atoms with van der Waals surface area (Å²) in [5.74, 6) is -0.722. The van der Waals surface area contributed by atoms with Crippen LogP contribution in [0.4, 0.5) is 21.5 Å². The number of hydrogen-bond donors (Lipinski definition) is 2. The minimum absolute atomic E-state index is 0.0733. The van der Waals surface area contributed by atoms with Crippen LogP contribution < -0.4 is 15.6 Å². The van der Waals surface area contributed by atoms with Crippen LogP contribution in [0.1, 0.15) is 50.6 Å². The largest absolute Gasteiger partial charge is 0.352 e. The molecule has 1 aliphatic rings. The number of benzene rings is 2. The average Bonchev–Trinajstić information content (AvgIpc) is 3.29. The third-order valence-electron chi connectivity index (χ3n) is 6.02. The predicted molar refractivity (Wildman–Crippen MR) is 131 cm³/mol. The van der Waals surface area contributed by atoms with Crippen molar-refractivity contribution in [1.29, 1.82) is 0 Å². The molecular formula is C23H26ClFN4O3S. The van der Waals surface area contributed by atoms with Gasteiger partial charge < -0.3 is 5.32 Å². The van der Waals surface area contributed by atoms with Crippen LogP contribution in [0.25, 0.3) is 10.9 Å². The number of rotatable bonds is 7. The van der Waals surface area contributed by atoms with E-state index in [1.54, 1.807) is 36.9 Å². The van der Waals surface area contributed by atoms with E-state index >= 15 is 0 Å². The first kappa shape index (κ1) is 23.5. The van der Waals surface area contributed by atoms with Crippen LogP contribution in [0, 0.1) is 12.7 Å². The fourth-order valence-corrected chi connectivity index (χ4v) is 5.78. The minimum atomic E-state index is -3.60. The van der Waals surface area contributed by atoms with Gasteiger partial charge in [-0.05, 0) is 56.0 Å². The van der Waals surface area contributed by atoms with Gasteiger partial charge >= 0.3 is 0 Å². The number of anilines is 3. The Hall–Kier alpha value is -2.65. The lowest BCUT2D eigenvalue weighted by molar-refractivity contribution is 0.499. The summed E-state index contributed by atoms with van der Waals surface area (Å²) in [4.78, 5) is 17.7. The zero-order valence-corrected chi connectivity index (χ0v) is 20.1. The zero-order valence-electron chi connectivity index (χ0n) is 18.5. The Labute approximate surface area is 197 Å². The molecule has 0 spiro atoms. The van der Waals surface area contributed by atoms with Crippen molar-refractivity contribution in [2.24, 2.45) is 0 Å². The van der Waals surface area contributed by atoms with Gasteiger partial charge in [-0.25, -0.2) is 17.8 Å². The van der Waals surface area contributed by atoms with Crippen molar-refractivity contribution in [3.63, 3.8) is 0 Å². The SMILES string of the molecule is CCCS(=O)(=O)Nc1ccc(F)c(Nc2ccc3ncn(C4CCCC4)c(=O)c3c2C)c1Cl. The fourth-order valence-electron chi connectivity index (χ4n) is 4.33. The molecule has 1 heterocycles. The average molecular weight is 493 g/mol. The Bertz CT molecular complexity index is 1370. The molecule has 1 aliphatic carbocycles. The molecule has 7 nitrogen and oxygen atoms in total. The van der Waals surface area contributed by atoms with Crippen molar-refractivity contribution in [2.75, 3.05) is 15.8 Å². The maximum atomic E-state index is 14.7. The number of nitrogens with zero attached hydrogens (tertiary/aromatic N) is 2. The van der Waals surface area contributed by atoms with Crippen LogP contribution in [0.3, 0.4) is 0 Å². The Kier molecular flexibility index (Phi) is 6.63. The Morgan fingerprint density at radius 2 is 1.88 bits per heavy atom. The van der Waals surface area contributed by atoms with Crippen LogP contribution in [-0.4, -0.2) is 23.7 Å². The molecule has 0 saturated heterocycles. The van der Waals surface area contributed by atoms with Gasteiger partial charge in [0, 0.05) is 11.7 Å². The highest BCUT2D eigenvalue weighted by molar-refractivity contribution is 7.92. The smallest absolute Gasteiger partial charge is 0.261 e. The lowest BCUT2D eigenvalue weighted by Gasteiger charge is -2.18. The monoisotopic (exact) mass is 492 g/mol. The third kappa shape index (κ3) is 4.70. The summed E-state index contributed by atoms with van der Waals surface area (Å²) in [6.45, 7) is 3.52. The molecule has 2 aromatic carbocycles. The maximum Gasteiger partial charge on any atom is 0.261 e. The standard InChI is InChI=1S/C23H26ClFN4O3S/c1-3-12-33(31,32)28-19-9-8-16(25)22(21(19)24)27-17-10-11-18-20(14(17)2)23(30)29(13-26-18)15-6-4-5-7-15/h8-11,13,15,27-28H,3-7,12H2,1-2H3. The lowest BCUT2D eigenvalue weighted by Crippen LogP contribution is -2.24. The number of nitrogens with one attached hydrogen (secondary N) is 2. The molecule has 10 heteroatoms. The van der Waals surface area contributed by atoms with Crippen molar-refractivity contribution in [3.8, 4) is 0 Å². The summed E-state index contributed by atoms with van der Waals surface area (Å²) < 4.78 is 43.1. The number of aromatic nitrogens is 2. The highest BCUT2D eigenvalue weighted by Gasteiger charge is 2.21. The Morgan fingerprint density at radius 3 is 2.58 bits per heavy atom. The molecule has 0 aliphatic heterocycles. The van der Waals surface area contributed by atoms with E-state index in [-0.39, 0.29) is 33.8 Å². The molecule has 33 heavy (non-hydrogen) atoms. The van der Waals surface area contributed by atoms with E-state index in [1.807, 2.05) is 0 Å². The van der Waals surface area contributed by atoms with Crippen molar-refractivity contribution < 1.29 is 12.8 Å². The minimum Gasteiger partial charge on any atom is -0.352 e. The molecule has 0 bridgehead atoms. The van der Waals surface area contributed by atoms with Gasteiger partial charge in [0.25, 0.3) is 5.56 Å². The summed E-state index contributed by atoms with van der Waals surface area (Å²) in [5, 5.41) is 3.33. The molecule has 1 fully saturated rings. The summed E-state index contributed by atoms with van der Waals surface area (Å²) in [5.41, 5.74) is 1.55. The van der Waals surface area contributed by atoms with Crippen molar-refractivity contribution >= 4 is 49.6 Å². The van der Waals surface area contributed by atoms with Gasteiger partial charge in [0.1, 0.15) is 5.82 Å². The molecule has 176 valence electrons. The van der Waals surface area contributed by atoms with Crippen LogP contribution in [0.5, 0.6) is 0 Å². The zero-order chi connectivity index (χ0) is 23.8. The summed E-state index contributed by atoms with van der Waals surface area (Å²) in [6.07, 6.45) is 6.12. The number of aryl methyl sites for hydroxylation is 1. The van der Waals surface area contributed by atoms with Crippen molar-refractivity contribution in [1.82, 2.24) is 9.55 Å². The van der Waals surface area contributed by atoms with Gasteiger partial charge in [0.2, 0.25) is 10.0 Å². The van der Waals surface area contributed by atoms with E-state index in [9.17, 15) is 17.6 Å². The van der Waals surface area contributed by atoms with Gasteiger partial charge in [-0.15, -0.1) is 0 Å². The van der Waals surface area contributed by atoms with E-state index in [4.69, 9.17) is 11.6 Å². The fraction of sp³-hybridized carbons (Fsp3) is 0.391. The first-order valence-electron chi connectivity index (χ1n) is 11.0. The molecule has 2 N–H and O–H groups in total. The second-order valence-electron chi connectivity index (χ2n) is 8.36. The van der Waals surface area contributed by atoms with Crippen LogP contribution in [0.15, 0.2) is 35.4 Å². The van der Waals surface area contributed by atoms with Gasteiger partial charge in [0.15, 0.2) is 0 Å². The molecule has 3 aromatic rings. The molecule has 0 unspecified atom stereocenters. The van der Waals surface area contributed by atoms with Gasteiger partial charge in [-0.3, -0.25) is 14.1 Å². The summed E-state index contributed by atoms with van der Waals surface area (Å²) in [7, 11) is -3.60. The quantitative estimate of drug-likeness (QED) is 0.453. The normalized spacial score (nSPS) is 14.7. The molecule has 1 saturated carbocycles. The van der Waals surface area contributed by atoms with Crippen molar-refractivity contribution in [2.45, 2.75) is 52.0 Å². The van der Waals surface area contributed by atoms with E-state index in [2.05, 4.69) is 15.0 Å². The van der Waals surface area contributed by atoms with Gasteiger partial charge in [0.05, 0.1) is 39.4 Å². The molecular weight excluding hydrogens is 467 g/mol.